The highest BCUT2D eigenvalue weighted by Crippen LogP contribution is 2.31. The van der Waals surface area contributed by atoms with Crippen molar-refractivity contribution in [3.63, 3.8) is 0 Å². The van der Waals surface area contributed by atoms with Gasteiger partial charge in [0.1, 0.15) is 0 Å². The van der Waals surface area contributed by atoms with Gasteiger partial charge in [-0.3, -0.25) is 14.9 Å². The van der Waals surface area contributed by atoms with Crippen LogP contribution in [-0.4, -0.2) is 35.5 Å². The average molecular weight is 358 g/mol. The third-order valence-electron chi connectivity index (χ3n) is 3.85. The van der Waals surface area contributed by atoms with Crippen LogP contribution >= 0.6 is 0 Å². The Morgan fingerprint density at radius 3 is 2.42 bits per heavy atom. The van der Waals surface area contributed by atoms with Gasteiger partial charge in [0, 0.05) is 18.7 Å². The first kappa shape index (κ1) is 19.2. The van der Waals surface area contributed by atoms with Gasteiger partial charge in [-0.05, 0) is 25.5 Å². The second-order valence-corrected chi connectivity index (χ2v) is 5.98. The van der Waals surface area contributed by atoms with Gasteiger partial charge in [0.15, 0.2) is 18.1 Å². The Morgan fingerprint density at radius 1 is 1.15 bits per heavy atom. The molecule has 0 fully saturated rings. The summed E-state index contributed by atoms with van der Waals surface area (Å²) in [5.74, 6) is 0.324. The van der Waals surface area contributed by atoms with E-state index in [-0.39, 0.29) is 35.7 Å². The molecule has 0 aliphatic rings. The second kappa shape index (κ2) is 8.84. The molecule has 0 N–H and O–H groups in total. The SMILES string of the molecule is COc1cc([N+](=O)[O-])ccc1OCC(=O)N(Cc1ccccc1)C(C)C. The van der Waals surface area contributed by atoms with Crippen molar-refractivity contribution in [2.45, 2.75) is 26.4 Å². The number of methoxy groups -OCH3 is 1. The van der Waals surface area contributed by atoms with E-state index in [9.17, 15) is 14.9 Å². The van der Waals surface area contributed by atoms with Crippen LogP contribution < -0.4 is 9.47 Å². The number of nitrogens with zero attached hydrogens (tertiary/aromatic N) is 2. The Balaban J connectivity index is 2.07. The van der Waals surface area contributed by atoms with Gasteiger partial charge >= 0.3 is 0 Å². The molecule has 0 radical (unpaired) electrons. The van der Waals surface area contributed by atoms with Crippen LogP contribution in [0.2, 0.25) is 0 Å². The number of hydrogen-bond acceptors (Lipinski definition) is 5. The highest BCUT2D eigenvalue weighted by atomic mass is 16.6. The summed E-state index contributed by atoms with van der Waals surface area (Å²) in [6, 6.07) is 13.7. The fourth-order valence-corrected chi connectivity index (χ4v) is 2.45. The zero-order valence-electron chi connectivity index (χ0n) is 15.0. The van der Waals surface area contributed by atoms with Crippen molar-refractivity contribution < 1.29 is 19.2 Å². The summed E-state index contributed by atoms with van der Waals surface area (Å²) >= 11 is 0. The summed E-state index contributed by atoms with van der Waals surface area (Å²) in [6.45, 7) is 4.18. The molecule has 2 rings (SSSR count). The van der Waals surface area contributed by atoms with Crippen molar-refractivity contribution in [3.8, 4) is 11.5 Å². The first-order valence-corrected chi connectivity index (χ1v) is 8.21. The van der Waals surface area contributed by atoms with Gasteiger partial charge in [0.25, 0.3) is 11.6 Å². The van der Waals surface area contributed by atoms with E-state index in [1.807, 2.05) is 44.2 Å². The fraction of sp³-hybridized carbons (Fsp3) is 0.316. The monoisotopic (exact) mass is 358 g/mol. The molecule has 2 aromatic rings. The summed E-state index contributed by atoms with van der Waals surface area (Å²) in [5.41, 5.74) is 0.927. The maximum absolute atomic E-state index is 12.6. The Labute approximate surface area is 152 Å². The van der Waals surface area contributed by atoms with Gasteiger partial charge in [-0.25, -0.2) is 0 Å². The standard InChI is InChI=1S/C19H22N2O5/c1-14(2)20(12-15-7-5-4-6-8-15)19(22)13-26-17-10-9-16(21(23)24)11-18(17)25-3/h4-11,14H,12-13H2,1-3H3. The van der Waals surface area contributed by atoms with Gasteiger partial charge in [-0.1, -0.05) is 30.3 Å². The number of rotatable bonds is 8. The third-order valence-corrected chi connectivity index (χ3v) is 3.85. The molecule has 2 aromatic carbocycles. The first-order chi connectivity index (χ1) is 12.4. The Bertz CT molecular complexity index is 762. The fourth-order valence-electron chi connectivity index (χ4n) is 2.45. The molecule has 138 valence electrons. The van der Waals surface area contributed by atoms with Crippen LogP contribution in [0, 0.1) is 10.1 Å². The molecule has 0 saturated heterocycles. The minimum absolute atomic E-state index is 0.00469. The number of non-ortho nitro benzene ring substituents is 1. The second-order valence-electron chi connectivity index (χ2n) is 5.98. The van der Waals surface area contributed by atoms with E-state index in [1.165, 1.54) is 25.3 Å². The molecule has 0 aliphatic heterocycles. The summed E-state index contributed by atoms with van der Waals surface area (Å²) in [6.07, 6.45) is 0. The van der Waals surface area contributed by atoms with E-state index >= 15 is 0 Å². The number of benzene rings is 2. The van der Waals surface area contributed by atoms with E-state index in [2.05, 4.69) is 0 Å². The molecule has 1 amide bonds. The number of nitro benzene ring substituents is 1. The van der Waals surface area contributed by atoms with E-state index in [1.54, 1.807) is 4.90 Å². The van der Waals surface area contributed by atoms with E-state index in [0.29, 0.717) is 6.54 Å². The Kier molecular flexibility index (Phi) is 6.54. The molecular weight excluding hydrogens is 336 g/mol. The summed E-state index contributed by atoms with van der Waals surface area (Å²) in [4.78, 5) is 24.6. The highest BCUT2D eigenvalue weighted by Gasteiger charge is 2.19. The number of ether oxygens (including phenoxy) is 2. The zero-order valence-corrected chi connectivity index (χ0v) is 15.0. The van der Waals surface area contributed by atoms with E-state index < -0.39 is 4.92 Å². The lowest BCUT2D eigenvalue weighted by Crippen LogP contribution is -2.39. The van der Waals surface area contributed by atoms with E-state index in [0.717, 1.165) is 5.56 Å². The predicted octanol–water partition coefficient (Wildman–Crippen LogP) is 3.42. The van der Waals surface area contributed by atoms with Crippen LogP contribution in [0.15, 0.2) is 48.5 Å². The van der Waals surface area contributed by atoms with Gasteiger partial charge in [-0.15, -0.1) is 0 Å². The quantitative estimate of drug-likeness (QED) is 0.533. The largest absolute Gasteiger partial charge is 0.493 e. The van der Waals surface area contributed by atoms with Crippen LogP contribution in [0.3, 0.4) is 0 Å². The minimum atomic E-state index is -0.516. The molecule has 0 bridgehead atoms. The zero-order chi connectivity index (χ0) is 19.1. The number of nitro groups is 1. The molecule has 0 spiro atoms. The summed E-state index contributed by atoms with van der Waals surface area (Å²) in [7, 11) is 1.39. The van der Waals surface area contributed by atoms with Crippen LogP contribution in [-0.2, 0) is 11.3 Å². The van der Waals surface area contributed by atoms with Crippen LogP contribution in [0.25, 0.3) is 0 Å². The summed E-state index contributed by atoms with van der Waals surface area (Å²) < 4.78 is 10.7. The Morgan fingerprint density at radius 2 is 1.85 bits per heavy atom. The van der Waals surface area contributed by atoms with Crippen molar-refractivity contribution in [3.05, 3.63) is 64.2 Å². The topological polar surface area (TPSA) is 81.9 Å². The van der Waals surface area contributed by atoms with Crippen LogP contribution in [0.5, 0.6) is 11.5 Å². The maximum atomic E-state index is 12.6. The van der Waals surface area contributed by atoms with Crippen LogP contribution in [0.1, 0.15) is 19.4 Å². The number of amides is 1. The lowest BCUT2D eigenvalue weighted by Gasteiger charge is -2.27. The number of carbonyl (C=O) groups excluding carboxylic acids is 1. The lowest BCUT2D eigenvalue weighted by atomic mass is 10.2. The Hall–Kier alpha value is -3.09. The van der Waals surface area contributed by atoms with Gasteiger partial charge in [0.2, 0.25) is 0 Å². The number of hydrogen-bond donors (Lipinski definition) is 0. The van der Waals surface area contributed by atoms with Gasteiger partial charge in [0.05, 0.1) is 18.1 Å². The lowest BCUT2D eigenvalue weighted by molar-refractivity contribution is -0.384. The normalized spacial score (nSPS) is 10.5. The smallest absolute Gasteiger partial charge is 0.273 e. The first-order valence-electron chi connectivity index (χ1n) is 8.21. The predicted molar refractivity (Wildman–Crippen MR) is 97.3 cm³/mol. The molecule has 0 atom stereocenters. The molecule has 0 aliphatic carbocycles. The average Bonchev–Trinajstić information content (AvgIpc) is 2.64. The molecular formula is C19H22N2O5. The molecule has 26 heavy (non-hydrogen) atoms. The van der Waals surface area contributed by atoms with Crippen molar-refractivity contribution in [1.82, 2.24) is 4.90 Å². The van der Waals surface area contributed by atoms with Gasteiger partial charge < -0.3 is 14.4 Å². The molecule has 0 heterocycles. The number of carbonyl (C=O) groups is 1. The molecule has 0 aromatic heterocycles. The van der Waals surface area contributed by atoms with Crippen molar-refractivity contribution >= 4 is 11.6 Å². The molecule has 7 nitrogen and oxygen atoms in total. The maximum Gasteiger partial charge on any atom is 0.273 e. The van der Waals surface area contributed by atoms with E-state index in [4.69, 9.17) is 9.47 Å². The molecule has 0 saturated carbocycles. The van der Waals surface area contributed by atoms with Crippen molar-refractivity contribution in [1.29, 1.82) is 0 Å². The third kappa shape index (κ3) is 4.95. The van der Waals surface area contributed by atoms with Crippen molar-refractivity contribution in [2.24, 2.45) is 0 Å². The summed E-state index contributed by atoms with van der Waals surface area (Å²) in [5, 5.41) is 10.8. The van der Waals surface area contributed by atoms with Gasteiger partial charge in [-0.2, -0.15) is 0 Å². The van der Waals surface area contributed by atoms with Crippen molar-refractivity contribution in [2.75, 3.05) is 13.7 Å². The molecule has 7 heteroatoms. The minimum Gasteiger partial charge on any atom is -0.493 e. The van der Waals surface area contributed by atoms with Crippen LogP contribution in [0.4, 0.5) is 5.69 Å². The molecule has 0 unspecified atom stereocenters. The highest BCUT2D eigenvalue weighted by molar-refractivity contribution is 5.78.